The van der Waals surface area contributed by atoms with Gasteiger partial charge >= 0.3 is 6.09 Å². The number of carbonyl (C=O) groups excluding carboxylic acids is 1. The van der Waals surface area contributed by atoms with Gasteiger partial charge in [0.1, 0.15) is 14.5 Å². The molecule has 1 unspecified atom stereocenters. The van der Waals surface area contributed by atoms with Gasteiger partial charge in [-0.1, -0.05) is 41.9 Å². The summed E-state index contributed by atoms with van der Waals surface area (Å²) in [4.78, 5) is 30.0. The fraction of sp³-hybridized carbons (Fsp3) is 0.238. The maximum atomic E-state index is 12.6. The average molecular weight is 358 g/mol. The van der Waals surface area contributed by atoms with Gasteiger partial charge in [0, 0.05) is 29.2 Å². The van der Waals surface area contributed by atoms with Crippen molar-refractivity contribution < 1.29 is 9.53 Å². The highest BCUT2D eigenvalue weighted by atomic mass is 16.6. The highest BCUT2D eigenvalue weighted by Crippen LogP contribution is 2.31. The van der Waals surface area contributed by atoms with Gasteiger partial charge in [0.15, 0.2) is 5.43 Å². The minimum Gasteiger partial charge on any atom is -0.445 e. The summed E-state index contributed by atoms with van der Waals surface area (Å²) in [5, 5.41) is 0.587. The lowest BCUT2D eigenvalue weighted by Gasteiger charge is -2.24. The van der Waals surface area contributed by atoms with Crippen molar-refractivity contribution in [1.29, 1.82) is 0 Å². The number of likely N-dealkylation sites (tertiary alicyclic amines) is 1. The Kier molecular flexibility index (Phi) is 4.71. The quantitative estimate of drug-likeness (QED) is 0.733. The number of carbonyl (C=O) groups is 1. The van der Waals surface area contributed by atoms with Gasteiger partial charge < -0.3 is 9.72 Å². The highest BCUT2D eigenvalue weighted by Gasteiger charge is 2.32. The van der Waals surface area contributed by atoms with Crippen LogP contribution in [0.5, 0.6) is 0 Å². The minimum atomic E-state index is -0.366. The summed E-state index contributed by atoms with van der Waals surface area (Å²) < 4.78 is 5.48. The molecule has 134 valence electrons. The molecule has 2 aromatic carbocycles. The number of ether oxygens (including phenoxy) is 1. The molecule has 1 aromatic heterocycles. The van der Waals surface area contributed by atoms with Crippen LogP contribution in [-0.4, -0.2) is 30.4 Å². The molecule has 4 rings (SSSR count). The van der Waals surface area contributed by atoms with Crippen LogP contribution in [0.4, 0.5) is 4.79 Å². The van der Waals surface area contributed by atoms with Crippen molar-refractivity contribution in [1.82, 2.24) is 9.88 Å². The topological polar surface area (TPSA) is 62.4 Å². The van der Waals surface area contributed by atoms with Gasteiger partial charge in [-0.2, -0.15) is 0 Å². The van der Waals surface area contributed by atoms with E-state index in [2.05, 4.69) is 4.98 Å². The van der Waals surface area contributed by atoms with Gasteiger partial charge in [-0.05, 0) is 30.5 Å². The molecule has 2 radical (unpaired) electrons. The van der Waals surface area contributed by atoms with E-state index < -0.39 is 0 Å². The first-order chi connectivity index (χ1) is 13.1. The standard InChI is InChI=1S/C21H19BN2O3/c22-15-8-9-16-17(11-15)23-18(12-20(16)25)19-7-4-10-24(19)21(26)27-13-14-5-2-1-3-6-14/h1-3,5-6,8-9,11-12,19H,4,7,10,13H2,(H,23,25). The van der Waals surface area contributed by atoms with Gasteiger partial charge in [0.25, 0.3) is 0 Å². The first-order valence-corrected chi connectivity index (χ1v) is 9.01. The smallest absolute Gasteiger partial charge is 0.410 e. The van der Waals surface area contributed by atoms with Crippen molar-refractivity contribution in [3.05, 3.63) is 76.1 Å². The second kappa shape index (κ2) is 7.31. The maximum Gasteiger partial charge on any atom is 0.410 e. The minimum absolute atomic E-state index is 0.0803. The van der Waals surface area contributed by atoms with Crippen LogP contribution >= 0.6 is 0 Å². The maximum absolute atomic E-state index is 12.6. The Morgan fingerprint density at radius 1 is 1.19 bits per heavy atom. The van der Waals surface area contributed by atoms with E-state index in [4.69, 9.17) is 12.6 Å². The Labute approximate surface area is 158 Å². The van der Waals surface area contributed by atoms with Crippen molar-refractivity contribution in [3.63, 3.8) is 0 Å². The molecule has 1 amide bonds. The third-order valence-corrected chi connectivity index (χ3v) is 4.93. The monoisotopic (exact) mass is 358 g/mol. The zero-order valence-corrected chi connectivity index (χ0v) is 14.9. The molecule has 0 aliphatic carbocycles. The molecule has 0 saturated carbocycles. The fourth-order valence-electron chi connectivity index (χ4n) is 3.58. The number of nitrogens with zero attached hydrogens (tertiary/aromatic N) is 1. The number of aromatic amines is 1. The molecule has 1 N–H and O–H groups in total. The Bertz CT molecular complexity index is 1030. The summed E-state index contributed by atoms with van der Waals surface area (Å²) in [6.07, 6.45) is 1.28. The van der Waals surface area contributed by atoms with Crippen LogP contribution < -0.4 is 10.9 Å². The third-order valence-electron chi connectivity index (χ3n) is 4.93. The molecular formula is C21H19BN2O3. The number of hydrogen-bond acceptors (Lipinski definition) is 3. The fourth-order valence-corrected chi connectivity index (χ4v) is 3.58. The number of fused-ring (bicyclic) bond motifs is 1. The molecule has 6 heteroatoms. The van der Waals surface area contributed by atoms with E-state index in [0.717, 1.165) is 18.4 Å². The summed E-state index contributed by atoms with van der Waals surface area (Å²) >= 11 is 0. The van der Waals surface area contributed by atoms with Crippen molar-refractivity contribution in [2.75, 3.05) is 6.54 Å². The van der Waals surface area contributed by atoms with E-state index >= 15 is 0 Å². The van der Waals surface area contributed by atoms with Gasteiger partial charge in [0.05, 0.1) is 6.04 Å². The molecular weight excluding hydrogens is 339 g/mol. The van der Waals surface area contributed by atoms with Crippen molar-refractivity contribution in [2.24, 2.45) is 0 Å². The lowest BCUT2D eigenvalue weighted by Crippen LogP contribution is -2.32. The van der Waals surface area contributed by atoms with E-state index in [9.17, 15) is 9.59 Å². The van der Waals surface area contributed by atoms with Crippen LogP contribution in [0, 0.1) is 0 Å². The zero-order valence-electron chi connectivity index (χ0n) is 14.9. The number of rotatable bonds is 3. The number of hydrogen-bond donors (Lipinski definition) is 1. The molecule has 1 saturated heterocycles. The van der Waals surface area contributed by atoms with E-state index in [1.165, 1.54) is 0 Å². The highest BCUT2D eigenvalue weighted by molar-refractivity contribution is 6.33. The van der Waals surface area contributed by atoms with E-state index in [0.29, 0.717) is 28.6 Å². The Hall–Kier alpha value is -3.02. The first kappa shape index (κ1) is 17.4. The summed E-state index contributed by atoms with van der Waals surface area (Å²) in [6.45, 7) is 0.836. The van der Waals surface area contributed by atoms with Crippen molar-refractivity contribution >= 4 is 30.3 Å². The van der Waals surface area contributed by atoms with Crippen LogP contribution in [0.25, 0.3) is 10.9 Å². The van der Waals surface area contributed by atoms with Gasteiger partial charge in [0.2, 0.25) is 0 Å². The number of amides is 1. The van der Waals surface area contributed by atoms with Crippen LogP contribution in [0.1, 0.15) is 30.1 Å². The summed E-state index contributed by atoms with van der Waals surface area (Å²) in [5.41, 5.74) is 2.84. The number of nitrogens with one attached hydrogen (secondary N) is 1. The largest absolute Gasteiger partial charge is 0.445 e. The number of H-pyrrole nitrogens is 1. The molecule has 1 aliphatic rings. The number of pyridine rings is 1. The van der Waals surface area contributed by atoms with Crippen LogP contribution in [0.2, 0.25) is 0 Å². The molecule has 0 spiro atoms. The summed E-state index contributed by atoms with van der Waals surface area (Å²) in [7, 11) is 5.84. The molecule has 5 nitrogen and oxygen atoms in total. The first-order valence-electron chi connectivity index (χ1n) is 9.01. The van der Waals surface area contributed by atoms with E-state index in [-0.39, 0.29) is 24.2 Å². The molecule has 0 bridgehead atoms. The molecule has 3 aromatic rings. The Balaban J connectivity index is 1.56. The lowest BCUT2D eigenvalue weighted by atomic mass is 9.95. The molecule has 1 fully saturated rings. The van der Waals surface area contributed by atoms with E-state index in [1.54, 1.807) is 29.2 Å². The molecule has 2 heterocycles. The summed E-state index contributed by atoms with van der Waals surface area (Å²) in [6, 6.07) is 16.1. The van der Waals surface area contributed by atoms with Crippen LogP contribution in [0.15, 0.2) is 59.4 Å². The molecule has 27 heavy (non-hydrogen) atoms. The summed E-state index contributed by atoms with van der Waals surface area (Å²) in [5.74, 6) is 0. The SMILES string of the molecule is [B]c1ccc2c(=O)cc(C3CCCN3C(=O)OCc3ccccc3)[nH]c2c1. The van der Waals surface area contributed by atoms with Crippen molar-refractivity contribution in [2.45, 2.75) is 25.5 Å². The van der Waals surface area contributed by atoms with E-state index in [1.807, 2.05) is 30.3 Å². The average Bonchev–Trinajstić information content (AvgIpc) is 3.16. The van der Waals surface area contributed by atoms with Crippen LogP contribution in [0.3, 0.4) is 0 Å². The molecule has 1 atom stereocenters. The van der Waals surface area contributed by atoms with Crippen LogP contribution in [-0.2, 0) is 11.3 Å². The Morgan fingerprint density at radius 3 is 2.81 bits per heavy atom. The Morgan fingerprint density at radius 2 is 2.00 bits per heavy atom. The number of benzene rings is 2. The predicted molar refractivity (Wildman–Crippen MR) is 105 cm³/mol. The number of aromatic nitrogens is 1. The van der Waals surface area contributed by atoms with Gasteiger partial charge in [-0.3, -0.25) is 9.69 Å². The predicted octanol–water partition coefficient (Wildman–Crippen LogP) is 2.80. The zero-order chi connectivity index (χ0) is 18.8. The normalized spacial score (nSPS) is 16.6. The lowest BCUT2D eigenvalue weighted by molar-refractivity contribution is 0.0915. The second-order valence-corrected chi connectivity index (χ2v) is 6.79. The van der Waals surface area contributed by atoms with Gasteiger partial charge in [-0.15, -0.1) is 0 Å². The van der Waals surface area contributed by atoms with Crippen molar-refractivity contribution in [3.8, 4) is 0 Å². The second-order valence-electron chi connectivity index (χ2n) is 6.79. The third kappa shape index (κ3) is 3.61. The molecule has 1 aliphatic heterocycles. The van der Waals surface area contributed by atoms with Gasteiger partial charge in [-0.25, -0.2) is 4.79 Å².